The zero-order valence-electron chi connectivity index (χ0n) is 12.6. The van der Waals surface area contributed by atoms with Gasteiger partial charge in [-0.15, -0.1) is 0 Å². The van der Waals surface area contributed by atoms with E-state index in [2.05, 4.69) is 36.3 Å². The first-order chi connectivity index (χ1) is 9.56. The lowest BCUT2D eigenvalue weighted by Crippen LogP contribution is -2.09. The monoisotopic (exact) mass is 277 g/mol. The van der Waals surface area contributed by atoms with Gasteiger partial charge in [0.25, 0.3) is 0 Å². The Bertz CT molecular complexity index is 572. The van der Waals surface area contributed by atoms with Crippen molar-refractivity contribution >= 4 is 5.69 Å². The number of nitrogens with zero attached hydrogens (tertiary/aromatic N) is 4. The zero-order chi connectivity index (χ0) is 14.7. The standard InChI is InChI=1S/C14H23N5O/c1-5-19-12(4)14(11(3)17-19)10(2)16-13-8-15-18(9-13)6-7-20/h8-10,16,20H,5-7H2,1-4H3. The van der Waals surface area contributed by atoms with Crippen molar-refractivity contribution in [1.82, 2.24) is 19.6 Å². The second kappa shape index (κ2) is 6.09. The molecular weight excluding hydrogens is 254 g/mol. The Balaban J connectivity index is 2.15. The van der Waals surface area contributed by atoms with Crippen LogP contribution >= 0.6 is 0 Å². The Morgan fingerprint density at radius 2 is 2.15 bits per heavy atom. The molecule has 0 aliphatic rings. The van der Waals surface area contributed by atoms with E-state index in [1.165, 1.54) is 11.3 Å². The number of hydrogen-bond donors (Lipinski definition) is 2. The van der Waals surface area contributed by atoms with E-state index >= 15 is 0 Å². The molecule has 0 aromatic carbocycles. The molecule has 2 N–H and O–H groups in total. The van der Waals surface area contributed by atoms with Crippen LogP contribution in [0.4, 0.5) is 5.69 Å². The molecule has 20 heavy (non-hydrogen) atoms. The van der Waals surface area contributed by atoms with Crippen LogP contribution in [0.15, 0.2) is 12.4 Å². The molecular formula is C14H23N5O. The molecule has 6 nitrogen and oxygen atoms in total. The molecule has 110 valence electrons. The van der Waals surface area contributed by atoms with Gasteiger partial charge < -0.3 is 10.4 Å². The highest BCUT2D eigenvalue weighted by Gasteiger charge is 2.17. The fraction of sp³-hybridized carbons (Fsp3) is 0.571. The van der Waals surface area contributed by atoms with Crippen LogP contribution in [0.3, 0.4) is 0 Å². The number of aryl methyl sites for hydroxylation is 2. The summed E-state index contributed by atoms with van der Waals surface area (Å²) in [4.78, 5) is 0. The smallest absolute Gasteiger partial charge is 0.0731 e. The molecule has 2 rings (SSSR count). The summed E-state index contributed by atoms with van der Waals surface area (Å²) >= 11 is 0. The van der Waals surface area contributed by atoms with E-state index in [-0.39, 0.29) is 12.6 Å². The molecule has 0 saturated heterocycles. The summed E-state index contributed by atoms with van der Waals surface area (Å²) in [7, 11) is 0. The number of nitrogens with one attached hydrogen (secondary N) is 1. The van der Waals surface area contributed by atoms with Gasteiger partial charge in [0.05, 0.1) is 36.8 Å². The molecule has 1 atom stereocenters. The number of rotatable bonds is 6. The molecule has 2 aromatic heterocycles. The SMILES string of the molecule is CCn1nc(C)c(C(C)Nc2cnn(CCO)c2)c1C. The number of aromatic nitrogens is 4. The molecule has 0 bridgehead atoms. The summed E-state index contributed by atoms with van der Waals surface area (Å²) < 4.78 is 3.75. The van der Waals surface area contributed by atoms with Crippen molar-refractivity contribution in [3.05, 3.63) is 29.3 Å². The summed E-state index contributed by atoms with van der Waals surface area (Å²) in [6.45, 7) is 9.86. The topological polar surface area (TPSA) is 67.9 Å². The lowest BCUT2D eigenvalue weighted by atomic mass is 10.1. The molecule has 0 radical (unpaired) electrons. The van der Waals surface area contributed by atoms with Gasteiger partial charge in [0.2, 0.25) is 0 Å². The first-order valence-corrected chi connectivity index (χ1v) is 7.00. The van der Waals surface area contributed by atoms with E-state index in [0.29, 0.717) is 6.54 Å². The first-order valence-electron chi connectivity index (χ1n) is 7.00. The Hall–Kier alpha value is -1.82. The van der Waals surface area contributed by atoms with E-state index in [0.717, 1.165) is 17.9 Å². The van der Waals surface area contributed by atoms with Crippen LogP contribution in [-0.4, -0.2) is 31.3 Å². The van der Waals surface area contributed by atoms with Crippen LogP contribution in [0.25, 0.3) is 0 Å². The Kier molecular flexibility index (Phi) is 4.44. The van der Waals surface area contributed by atoms with Gasteiger partial charge in [-0.05, 0) is 27.7 Å². The predicted molar refractivity (Wildman–Crippen MR) is 78.7 cm³/mol. The van der Waals surface area contributed by atoms with E-state index in [1.807, 2.05) is 17.8 Å². The largest absolute Gasteiger partial charge is 0.394 e. The van der Waals surface area contributed by atoms with Gasteiger partial charge in [0.1, 0.15) is 0 Å². The second-order valence-corrected chi connectivity index (χ2v) is 4.98. The normalized spacial score (nSPS) is 12.7. The fourth-order valence-electron chi connectivity index (χ4n) is 2.63. The average molecular weight is 277 g/mol. The van der Waals surface area contributed by atoms with Gasteiger partial charge in [-0.25, -0.2) is 0 Å². The molecule has 0 aliphatic heterocycles. The molecule has 0 spiro atoms. The Morgan fingerprint density at radius 1 is 1.40 bits per heavy atom. The van der Waals surface area contributed by atoms with Gasteiger partial charge in [0.15, 0.2) is 0 Å². The minimum Gasteiger partial charge on any atom is -0.394 e. The fourth-order valence-corrected chi connectivity index (χ4v) is 2.63. The number of anilines is 1. The summed E-state index contributed by atoms with van der Waals surface area (Å²) in [5.41, 5.74) is 4.45. The van der Waals surface area contributed by atoms with Crippen LogP contribution < -0.4 is 5.32 Å². The van der Waals surface area contributed by atoms with Crippen molar-refractivity contribution in [2.24, 2.45) is 0 Å². The maximum absolute atomic E-state index is 8.90. The molecule has 0 amide bonds. The lowest BCUT2D eigenvalue weighted by molar-refractivity contribution is 0.269. The first kappa shape index (κ1) is 14.6. The highest BCUT2D eigenvalue weighted by Crippen LogP contribution is 2.24. The highest BCUT2D eigenvalue weighted by molar-refractivity contribution is 5.43. The molecule has 0 saturated carbocycles. The maximum atomic E-state index is 8.90. The summed E-state index contributed by atoms with van der Waals surface area (Å²) in [6.07, 6.45) is 3.68. The maximum Gasteiger partial charge on any atom is 0.0731 e. The van der Waals surface area contributed by atoms with Crippen molar-refractivity contribution in [2.45, 2.75) is 46.8 Å². The van der Waals surface area contributed by atoms with Crippen LogP contribution in [0, 0.1) is 13.8 Å². The minimum atomic E-state index is 0.0954. The predicted octanol–water partition coefficient (Wildman–Crippen LogP) is 1.88. The number of aliphatic hydroxyl groups is 1. The van der Waals surface area contributed by atoms with Crippen molar-refractivity contribution in [3.63, 3.8) is 0 Å². The third-order valence-corrected chi connectivity index (χ3v) is 3.52. The van der Waals surface area contributed by atoms with Gasteiger partial charge in [-0.2, -0.15) is 10.2 Å². The number of aliphatic hydroxyl groups excluding tert-OH is 1. The quantitative estimate of drug-likeness (QED) is 0.846. The summed E-state index contributed by atoms with van der Waals surface area (Å²) in [5.74, 6) is 0. The zero-order valence-corrected chi connectivity index (χ0v) is 12.6. The molecule has 0 fully saturated rings. The molecule has 2 aromatic rings. The van der Waals surface area contributed by atoms with E-state index in [4.69, 9.17) is 5.11 Å². The van der Waals surface area contributed by atoms with Gasteiger partial charge >= 0.3 is 0 Å². The third kappa shape index (κ3) is 2.85. The summed E-state index contributed by atoms with van der Waals surface area (Å²) in [5, 5.41) is 21.1. The number of hydrogen-bond acceptors (Lipinski definition) is 4. The van der Waals surface area contributed by atoms with Crippen LogP contribution in [-0.2, 0) is 13.1 Å². The van der Waals surface area contributed by atoms with E-state index < -0.39 is 0 Å². The van der Waals surface area contributed by atoms with Crippen molar-refractivity contribution in [1.29, 1.82) is 0 Å². The summed E-state index contributed by atoms with van der Waals surface area (Å²) in [6, 6.07) is 0.169. The van der Waals surface area contributed by atoms with Crippen LogP contribution in [0.2, 0.25) is 0 Å². The van der Waals surface area contributed by atoms with Crippen LogP contribution in [0.1, 0.15) is 36.8 Å². The van der Waals surface area contributed by atoms with Crippen molar-refractivity contribution < 1.29 is 5.11 Å². The van der Waals surface area contributed by atoms with E-state index in [9.17, 15) is 0 Å². The minimum absolute atomic E-state index is 0.0954. The molecule has 6 heteroatoms. The molecule has 2 heterocycles. The van der Waals surface area contributed by atoms with Crippen molar-refractivity contribution in [2.75, 3.05) is 11.9 Å². The molecule has 0 aliphatic carbocycles. The van der Waals surface area contributed by atoms with Gasteiger partial charge in [-0.1, -0.05) is 0 Å². The average Bonchev–Trinajstić information content (AvgIpc) is 2.94. The Labute approximate surface area is 119 Å². The van der Waals surface area contributed by atoms with Gasteiger partial charge in [0, 0.05) is 24.0 Å². The Morgan fingerprint density at radius 3 is 2.75 bits per heavy atom. The third-order valence-electron chi connectivity index (χ3n) is 3.52. The lowest BCUT2D eigenvalue weighted by Gasteiger charge is -2.14. The van der Waals surface area contributed by atoms with Crippen molar-refractivity contribution in [3.8, 4) is 0 Å². The second-order valence-electron chi connectivity index (χ2n) is 4.98. The highest BCUT2D eigenvalue weighted by atomic mass is 16.3. The van der Waals surface area contributed by atoms with Gasteiger partial charge in [-0.3, -0.25) is 9.36 Å². The van der Waals surface area contributed by atoms with Crippen LogP contribution in [0.5, 0.6) is 0 Å². The molecule has 1 unspecified atom stereocenters. The van der Waals surface area contributed by atoms with E-state index in [1.54, 1.807) is 10.9 Å².